The van der Waals surface area contributed by atoms with E-state index in [-0.39, 0.29) is 5.91 Å². The molecule has 3 aromatic rings. The number of benzene rings is 1. The Hall–Kier alpha value is -3.29. The molecule has 0 aliphatic carbocycles. The Morgan fingerprint density at radius 3 is 2.68 bits per heavy atom. The minimum Gasteiger partial charge on any atom is -0.369 e. The topological polar surface area (TPSA) is 80.0 Å². The summed E-state index contributed by atoms with van der Waals surface area (Å²) in [5.41, 5.74) is 4.14. The monoisotopic (exact) mass is 377 g/mol. The lowest BCUT2D eigenvalue weighted by Crippen LogP contribution is -2.35. The molecular weight excluding hydrogens is 354 g/mol. The molecule has 3 heterocycles. The van der Waals surface area contributed by atoms with Gasteiger partial charge in [0, 0.05) is 49.8 Å². The number of carbonyl (C=O) groups excluding carboxylic acids is 1. The smallest absolute Gasteiger partial charge is 0.253 e. The van der Waals surface area contributed by atoms with Crippen molar-refractivity contribution in [3.05, 3.63) is 65.7 Å². The number of hydrogen-bond acceptors (Lipinski definition) is 6. The van der Waals surface area contributed by atoms with Gasteiger partial charge in [0.1, 0.15) is 6.33 Å². The van der Waals surface area contributed by atoms with Crippen molar-refractivity contribution >= 4 is 11.6 Å². The number of pyridine rings is 1. The molecule has 28 heavy (non-hydrogen) atoms. The fraction of sp³-hybridized carbons (Fsp3) is 0.350. The average molecular weight is 377 g/mol. The number of anilines is 1. The molecule has 0 saturated carbocycles. The molecule has 0 unspecified atom stereocenters. The number of nitrogens with zero attached hydrogens (tertiary/aromatic N) is 7. The minimum atomic E-state index is 0.0854. The number of rotatable bonds is 4. The summed E-state index contributed by atoms with van der Waals surface area (Å²) in [5, 5.41) is 11.1. The normalized spacial score (nSPS) is 14.8. The summed E-state index contributed by atoms with van der Waals surface area (Å²) in [6.45, 7) is 5.92. The van der Waals surface area contributed by atoms with Gasteiger partial charge in [-0.3, -0.25) is 9.78 Å². The first-order valence-corrected chi connectivity index (χ1v) is 9.45. The molecule has 4 rings (SSSR count). The van der Waals surface area contributed by atoms with Gasteiger partial charge in [0.25, 0.3) is 5.91 Å². The van der Waals surface area contributed by atoms with Crippen LogP contribution in [0.25, 0.3) is 0 Å². The highest BCUT2D eigenvalue weighted by Gasteiger charge is 2.21. The number of tetrazole rings is 1. The van der Waals surface area contributed by atoms with Gasteiger partial charge in [-0.1, -0.05) is 12.1 Å². The first kappa shape index (κ1) is 18.1. The zero-order chi connectivity index (χ0) is 19.3. The van der Waals surface area contributed by atoms with Crippen LogP contribution in [0.1, 0.15) is 27.9 Å². The van der Waals surface area contributed by atoms with Crippen molar-refractivity contribution in [3.8, 4) is 0 Å². The van der Waals surface area contributed by atoms with Crippen molar-refractivity contribution in [1.29, 1.82) is 0 Å². The molecule has 1 saturated heterocycles. The molecule has 0 atom stereocenters. The molecule has 1 aliphatic rings. The number of aryl methyl sites for hydroxylation is 1. The quantitative estimate of drug-likeness (QED) is 0.689. The highest BCUT2D eigenvalue weighted by atomic mass is 16.2. The maximum atomic E-state index is 13.0. The molecular formula is C20H23N7O. The Kier molecular flexibility index (Phi) is 5.27. The van der Waals surface area contributed by atoms with E-state index in [0.717, 1.165) is 31.6 Å². The number of hydrogen-bond donors (Lipinski definition) is 0. The predicted octanol–water partition coefficient (Wildman–Crippen LogP) is 1.78. The fourth-order valence-electron chi connectivity index (χ4n) is 3.56. The van der Waals surface area contributed by atoms with Crippen LogP contribution >= 0.6 is 0 Å². The van der Waals surface area contributed by atoms with E-state index in [9.17, 15) is 4.79 Å². The Bertz CT molecular complexity index is 924. The predicted molar refractivity (Wildman–Crippen MR) is 105 cm³/mol. The third-order valence-corrected chi connectivity index (χ3v) is 5.05. The van der Waals surface area contributed by atoms with Crippen LogP contribution in [-0.4, -0.2) is 62.2 Å². The molecule has 1 amide bonds. The van der Waals surface area contributed by atoms with Crippen molar-refractivity contribution in [3.63, 3.8) is 0 Å². The Morgan fingerprint density at radius 1 is 1.07 bits per heavy atom. The molecule has 8 nitrogen and oxygen atoms in total. The number of aromatic nitrogens is 5. The summed E-state index contributed by atoms with van der Waals surface area (Å²) >= 11 is 0. The molecule has 0 radical (unpaired) electrons. The molecule has 1 fully saturated rings. The Balaban J connectivity index is 1.40. The third-order valence-electron chi connectivity index (χ3n) is 5.05. The van der Waals surface area contributed by atoms with Crippen molar-refractivity contribution in [1.82, 2.24) is 30.1 Å². The van der Waals surface area contributed by atoms with E-state index < -0.39 is 0 Å². The van der Waals surface area contributed by atoms with Gasteiger partial charge in [0.2, 0.25) is 0 Å². The highest BCUT2D eigenvalue weighted by molar-refractivity contribution is 5.94. The summed E-state index contributed by atoms with van der Waals surface area (Å²) in [6, 6.07) is 9.74. The van der Waals surface area contributed by atoms with Gasteiger partial charge >= 0.3 is 0 Å². The SMILES string of the molecule is Cc1cnccc1N1CCCN(C(=O)c2ccc(Cn3cnnn3)cc2)CC1. The summed E-state index contributed by atoms with van der Waals surface area (Å²) in [5.74, 6) is 0.0854. The maximum Gasteiger partial charge on any atom is 0.253 e. The first-order valence-electron chi connectivity index (χ1n) is 9.45. The lowest BCUT2D eigenvalue weighted by atomic mass is 10.1. The van der Waals surface area contributed by atoms with Gasteiger partial charge in [-0.2, -0.15) is 0 Å². The maximum absolute atomic E-state index is 13.0. The molecule has 1 aromatic carbocycles. The second-order valence-corrected chi connectivity index (χ2v) is 7.00. The molecule has 0 spiro atoms. The van der Waals surface area contributed by atoms with Gasteiger partial charge in [-0.15, -0.1) is 5.10 Å². The summed E-state index contributed by atoms with van der Waals surface area (Å²) in [4.78, 5) is 21.4. The van der Waals surface area contributed by atoms with Gasteiger partial charge in [0.15, 0.2) is 0 Å². The standard InChI is InChI=1S/C20H23N7O/c1-16-13-21-8-7-19(16)25-9-2-10-26(12-11-25)20(28)18-5-3-17(4-6-18)14-27-15-22-23-24-27/h3-8,13,15H,2,9-12,14H2,1H3. The third kappa shape index (κ3) is 4.00. The lowest BCUT2D eigenvalue weighted by molar-refractivity contribution is 0.0767. The van der Waals surface area contributed by atoms with Crippen molar-refractivity contribution in [2.45, 2.75) is 19.9 Å². The highest BCUT2D eigenvalue weighted by Crippen LogP contribution is 2.20. The van der Waals surface area contributed by atoms with Gasteiger partial charge in [0.05, 0.1) is 6.54 Å². The molecule has 0 bridgehead atoms. The summed E-state index contributed by atoms with van der Waals surface area (Å²) < 4.78 is 1.65. The van der Waals surface area contributed by atoms with Crippen LogP contribution in [0.5, 0.6) is 0 Å². The van der Waals surface area contributed by atoms with Gasteiger partial charge in [-0.05, 0) is 53.1 Å². The largest absolute Gasteiger partial charge is 0.369 e. The van der Waals surface area contributed by atoms with E-state index in [0.29, 0.717) is 18.7 Å². The molecule has 2 aromatic heterocycles. The number of carbonyl (C=O) groups is 1. The van der Waals surface area contributed by atoms with E-state index in [2.05, 4.69) is 38.4 Å². The summed E-state index contributed by atoms with van der Waals surface area (Å²) in [6.07, 6.45) is 6.24. The Morgan fingerprint density at radius 2 is 1.93 bits per heavy atom. The minimum absolute atomic E-state index is 0.0854. The van der Waals surface area contributed by atoms with Crippen LogP contribution in [0.15, 0.2) is 49.1 Å². The van der Waals surface area contributed by atoms with Crippen molar-refractivity contribution in [2.24, 2.45) is 0 Å². The van der Waals surface area contributed by atoms with Crippen LogP contribution in [0.4, 0.5) is 5.69 Å². The number of amides is 1. The Labute approximate surface area is 163 Å². The van der Waals surface area contributed by atoms with Crippen LogP contribution in [0.2, 0.25) is 0 Å². The van der Waals surface area contributed by atoms with Crippen LogP contribution in [0, 0.1) is 6.92 Å². The lowest BCUT2D eigenvalue weighted by Gasteiger charge is -2.25. The average Bonchev–Trinajstić information content (AvgIpc) is 3.10. The molecule has 1 aliphatic heterocycles. The first-order chi connectivity index (χ1) is 13.7. The van der Waals surface area contributed by atoms with E-state index in [1.165, 1.54) is 11.3 Å². The summed E-state index contributed by atoms with van der Waals surface area (Å²) in [7, 11) is 0. The van der Waals surface area contributed by atoms with E-state index >= 15 is 0 Å². The van der Waals surface area contributed by atoms with Gasteiger partial charge in [-0.25, -0.2) is 4.68 Å². The van der Waals surface area contributed by atoms with E-state index in [1.54, 1.807) is 11.0 Å². The van der Waals surface area contributed by atoms with Crippen molar-refractivity contribution in [2.75, 3.05) is 31.1 Å². The van der Waals surface area contributed by atoms with Crippen LogP contribution in [0.3, 0.4) is 0 Å². The zero-order valence-electron chi connectivity index (χ0n) is 15.9. The fourth-order valence-corrected chi connectivity index (χ4v) is 3.56. The molecule has 0 N–H and O–H groups in total. The molecule has 144 valence electrons. The second-order valence-electron chi connectivity index (χ2n) is 7.00. The zero-order valence-corrected chi connectivity index (χ0v) is 15.9. The molecule has 8 heteroatoms. The second kappa shape index (κ2) is 8.16. The van der Waals surface area contributed by atoms with E-state index in [4.69, 9.17) is 0 Å². The van der Waals surface area contributed by atoms with E-state index in [1.807, 2.05) is 41.6 Å². The van der Waals surface area contributed by atoms with Crippen LogP contribution in [-0.2, 0) is 6.54 Å². The van der Waals surface area contributed by atoms with Crippen molar-refractivity contribution < 1.29 is 4.79 Å². The van der Waals surface area contributed by atoms with Crippen LogP contribution < -0.4 is 4.90 Å². The van der Waals surface area contributed by atoms with Gasteiger partial charge < -0.3 is 9.80 Å².